The van der Waals surface area contributed by atoms with Crippen LogP contribution in [-0.4, -0.2) is 8.42 Å². The van der Waals surface area contributed by atoms with Gasteiger partial charge >= 0.3 is 5.63 Å². The molecule has 136 valence electrons. The minimum atomic E-state index is -3.68. The van der Waals surface area contributed by atoms with E-state index in [1.165, 1.54) is 6.07 Å². The Morgan fingerprint density at radius 3 is 2.44 bits per heavy atom. The van der Waals surface area contributed by atoms with Crippen molar-refractivity contribution in [3.63, 3.8) is 0 Å². The molecule has 0 radical (unpaired) electrons. The molecule has 6 heteroatoms. The quantitative estimate of drug-likeness (QED) is 0.433. The molecule has 0 bridgehead atoms. The first kappa shape index (κ1) is 17.5. The molecule has 0 unspecified atom stereocenters. The lowest BCUT2D eigenvalue weighted by atomic mass is 10.0. The summed E-state index contributed by atoms with van der Waals surface area (Å²) >= 11 is 0. The summed E-state index contributed by atoms with van der Waals surface area (Å²) in [6.45, 7) is 1.89. The number of hydrogen-bond donors (Lipinski definition) is 1. The van der Waals surface area contributed by atoms with E-state index in [9.17, 15) is 13.2 Å². The van der Waals surface area contributed by atoms with Crippen LogP contribution in [-0.2, 0) is 16.6 Å². The molecule has 0 aliphatic carbocycles. The van der Waals surface area contributed by atoms with Gasteiger partial charge in [0.15, 0.2) is 0 Å². The first-order chi connectivity index (χ1) is 12.9. The van der Waals surface area contributed by atoms with Gasteiger partial charge in [-0.15, -0.1) is 0 Å². The average molecular weight is 379 g/mol. The summed E-state index contributed by atoms with van der Waals surface area (Å²) in [6.07, 6.45) is 0. The van der Waals surface area contributed by atoms with E-state index in [1.807, 2.05) is 43.3 Å². The van der Waals surface area contributed by atoms with Gasteiger partial charge in [-0.05, 0) is 30.0 Å². The van der Waals surface area contributed by atoms with Crippen LogP contribution in [0.2, 0.25) is 0 Å². The van der Waals surface area contributed by atoms with Gasteiger partial charge in [-0.2, -0.15) is 0 Å². The van der Waals surface area contributed by atoms with E-state index in [0.29, 0.717) is 16.5 Å². The number of hydrogen-bond acceptors (Lipinski definition) is 4. The molecule has 4 aromatic rings. The predicted molar refractivity (Wildman–Crippen MR) is 105 cm³/mol. The van der Waals surface area contributed by atoms with Crippen LogP contribution in [0.1, 0.15) is 11.1 Å². The van der Waals surface area contributed by atoms with Crippen LogP contribution >= 0.6 is 0 Å². The minimum absolute atomic E-state index is 0.00332. The second-order valence-corrected chi connectivity index (χ2v) is 8.16. The van der Waals surface area contributed by atoms with Gasteiger partial charge in [0.25, 0.3) is 0 Å². The van der Waals surface area contributed by atoms with Crippen LogP contribution in [0.4, 0.5) is 0 Å². The van der Waals surface area contributed by atoms with Crippen molar-refractivity contribution in [1.29, 1.82) is 0 Å². The van der Waals surface area contributed by atoms with Crippen molar-refractivity contribution in [2.75, 3.05) is 0 Å². The summed E-state index contributed by atoms with van der Waals surface area (Å²) in [7, 11) is -3.68. The number of benzene rings is 3. The Balaban J connectivity index is 1.75. The van der Waals surface area contributed by atoms with Crippen LogP contribution in [0.15, 0.2) is 80.8 Å². The van der Waals surface area contributed by atoms with Gasteiger partial charge in [0.05, 0.1) is 4.90 Å². The lowest BCUT2D eigenvalue weighted by molar-refractivity contribution is 0.559. The molecule has 4 rings (SSSR count). The largest absolute Gasteiger partial charge is 0.422 e. The highest BCUT2D eigenvalue weighted by Crippen LogP contribution is 2.26. The highest BCUT2D eigenvalue weighted by Gasteiger charge is 2.15. The fourth-order valence-electron chi connectivity index (χ4n) is 3.08. The van der Waals surface area contributed by atoms with Crippen LogP contribution in [0.25, 0.3) is 21.7 Å². The van der Waals surface area contributed by atoms with E-state index in [4.69, 9.17) is 4.42 Å². The molecular weight excluding hydrogens is 362 g/mol. The predicted octanol–water partition coefficient (Wildman–Crippen LogP) is 3.73. The van der Waals surface area contributed by atoms with Crippen molar-refractivity contribution in [3.05, 3.63) is 88.3 Å². The smallest absolute Gasteiger partial charge is 0.336 e. The maximum atomic E-state index is 12.5. The lowest BCUT2D eigenvalue weighted by Gasteiger charge is -2.10. The first-order valence-electron chi connectivity index (χ1n) is 8.45. The monoisotopic (exact) mass is 379 g/mol. The second kappa shape index (κ2) is 6.64. The van der Waals surface area contributed by atoms with Crippen molar-refractivity contribution >= 4 is 31.8 Å². The normalized spacial score (nSPS) is 11.9. The maximum absolute atomic E-state index is 12.5. The average Bonchev–Trinajstić information content (AvgIpc) is 2.66. The summed E-state index contributed by atoms with van der Waals surface area (Å²) in [5, 5.41) is 2.47. The SMILES string of the molecule is Cc1ccc(S(=O)(=O)NCc2cc(=O)oc3c2ccc2ccccc23)cc1. The topological polar surface area (TPSA) is 76.4 Å². The van der Waals surface area contributed by atoms with Gasteiger partial charge in [-0.25, -0.2) is 17.9 Å². The molecule has 0 amide bonds. The Morgan fingerprint density at radius 1 is 0.926 bits per heavy atom. The zero-order valence-corrected chi connectivity index (χ0v) is 15.4. The molecule has 0 spiro atoms. The lowest BCUT2D eigenvalue weighted by Crippen LogP contribution is -2.24. The maximum Gasteiger partial charge on any atom is 0.336 e. The molecule has 0 saturated carbocycles. The highest BCUT2D eigenvalue weighted by atomic mass is 32.2. The van der Waals surface area contributed by atoms with Crippen LogP contribution in [0, 0.1) is 6.92 Å². The van der Waals surface area contributed by atoms with Crippen LogP contribution in [0.5, 0.6) is 0 Å². The number of fused-ring (bicyclic) bond motifs is 3. The Kier molecular flexibility index (Phi) is 4.30. The van der Waals surface area contributed by atoms with E-state index in [2.05, 4.69) is 4.72 Å². The summed E-state index contributed by atoms with van der Waals surface area (Å²) < 4.78 is 33.1. The fourth-order valence-corrected chi connectivity index (χ4v) is 4.08. The van der Waals surface area contributed by atoms with Crippen molar-refractivity contribution in [1.82, 2.24) is 4.72 Å². The zero-order chi connectivity index (χ0) is 19.0. The molecule has 0 atom stereocenters. The molecule has 1 heterocycles. The van der Waals surface area contributed by atoms with Gasteiger partial charge in [0, 0.05) is 23.4 Å². The van der Waals surface area contributed by atoms with Gasteiger partial charge in [0.1, 0.15) is 5.58 Å². The number of nitrogens with one attached hydrogen (secondary N) is 1. The summed E-state index contributed by atoms with van der Waals surface area (Å²) in [4.78, 5) is 12.2. The molecule has 0 aliphatic rings. The van der Waals surface area contributed by atoms with Crippen molar-refractivity contribution < 1.29 is 12.8 Å². The van der Waals surface area contributed by atoms with Crippen molar-refractivity contribution in [2.24, 2.45) is 0 Å². The third kappa shape index (κ3) is 3.37. The number of sulfonamides is 1. The number of rotatable bonds is 4. The van der Waals surface area contributed by atoms with Crippen molar-refractivity contribution in [2.45, 2.75) is 18.4 Å². The summed E-state index contributed by atoms with van der Waals surface area (Å²) in [5.41, 5.74) is 1.50. The molecule has 3 aromatic carbocycles. The van der Waals surface area contributed by atoms with Gasteiger partial charge in [-0.1, -0.05) is 54.1 Å². The second-order valence-electron chi connectivity index (χ2n) is 6.39. The molecule has 1 aromatic heterocycles. The Bertz CT molecular complexity index is 1310. The third-order valence-electron chi connectivity index (χ3n) is 4.50. The summed E-state index contributed by atoms with van der Waals surface area (Å²) in [6, 6.07) is 19.3. The molecule has 0 aliphatic heterocycles. The molecule has 0 saturated heterocycles. The van der Waals surface area contributed by atoms with Crippen LogP contribution in [0.3, 0.4) is 0 Å². The van der Waals surface area contributed by atoms with E-state index in [-0.39, 0.29) is 11.4 Å². The van der Waals surface area contributed by atoms with E-state index in [1.54, 1.807) is 24.3 Å². The summed E-state index contributed by atoms with van der Waals surface area (Å²) in [5.74, 6) is 0. The third-order valence-corrected chi connectivity index (χ3v) is 5.92. The Morgan fingerprint density at radius 2 is 1.67 bits per heavy atom. The molecule has 0 fully saturated rings. The standard InChI is InChI=1S/C21H17NO4S/c1-14-6-9-17(10-7-14)27(24,25)22-13-16-12-20(23)26-21-18-5-3-2-4-15(18)8-11-19(16)21/h2-12,22H,13H2,1H3. The Hall–Kier alpha value is -2.96. The Labute approximate surface area is 156 Å². The van der Waals surface area contributed by atoms with Crippen LogP contribution < -0.4 is 10.3 Å². The van der Waals surface area contributed by atoms with Gasteiger partial charge in [-0.3, -0.25) is 0 Å². The van der Waals surface area contributed by atoms with Gasteiger partial charge in [0.2, 0.25) is 10.0 Å². The van der Waals surface area contributed by atoms with E-state index < -0.39 is 15.6 Å². The molecule has 5 nitrogen and oxygen atoms in total. The molecular formula is C21H17NO4S. The molecule has 1 N–H and O–H groups in total. The van der Waals surface area contributed by atoms with E-state index in [0.717, 1.165) is 16.3 Å². The van der Waals surface area contributed by atoms with Gasteiger partial charge < -0.3 is 4.42 Å². The van der Waals surface area contributed by atoms with Crippen molar-refractivity contribution in [3.8, 4) is 0 Å². The first-order valence-corrected chi connectivity index (χ1v) is 9.93. The number of aryl methyl sites for hydroxylation is 1. The highest BCUT2D eigenvalue weighted by molar-refractivity contribution is 7.89. The fraction of sp³-hybridized carbons (Fsp3) is 0.0952. The zero-order valence-electron chi connectivity index (χ0n) is 14.6. The van der Waals surface area contributed by atoms with E-state index >= 15 is 0 Å². The molecule has 27 heavy (non-hydrogen) atoms. The minimum Gasteiger partial charge on any atom is -0.422 e.